The number of nitriles is 1. The van der Waals surface area contributed by atoms with Gasteiger partial charge < -0.3 is 4.98 Å². The summed E-state index contributed by atoms with van der Waals surface area (Å²) >= 11 is 5.81. The molecule has 0 aliphatic carbocycles. The maximum absolute atomic E-state index is 8.54. The molecule has 3 nitrogen and oxygen atoms in total. The third-order valence-corrected chi connectivity index (χ3v) is 1.94. The summed E-state index contributed by atoms with van der Waals surface area (Å²) in [5.74, 6) is 0. The van der Waals surface area contributed by atoms with E-state index >= 15 is 0 Å². The zero-order chi connectivity index (χ0) is 8.55. The van der Waals surface area contributed by atoms with Crippen LogP contribution in [0.25, 0.3) is 10.9 Å². The monoisotopic (exact) mass is 177 g/mol. The van der Waals surface area contributed by atoms with Crippen LogP contribution in [0.15, 0.2) is 18.5 Å². The lowest BCUT2D eigenvalue weighted by Gasteiger charge is -1.89. The average molecular weight is 178 g/mol. The molecule has 0 unspecified atom stereocenters. The lowest BCUT2D eigenvalue weighted by molar-refractivity contribution is 1.29. The first-order valence-corrected chi connectivity index (χ1v) is 3.72. The molecule has 0 saturated carbocycles. The minimum Gasteiger partial charge on any atom is -0.360 e. The maximum atomic E-state index is 8.54. The predicted molar refractivity (Wildman–Crippen MR) is 45.8 cm³/mol. The van der Waals surface area contributed by atoms with Gasteiger partial charge in [0.15, 0.2) is 0 Å². The minimum atomic E-state index is 0.390. The van der Waals surface area contributed by atoms with Crippen LogP contribution in [0.3, 0.4) is 0 Å². The van der Waals surface area contributed by atoms with Crippen LogP contribution >= 0.6 is 11.6 Å². The molecule has 0 fully saturated rings. The predicted octanol–water partition coefficient (Wildman–Crippen LogP) is 2.09. The van der Waals surface area contributed by atoms with Crippen LogP contribution in [0, 0.1) is 11.3 Å². The first-order valence-electron chi connectivity index (χ1n) is 3.34. The summed E-state index contributed by atoms with van der Waals surface area (Å²) in [7, 11) is 0. The van der Waals surface area contributed by atoms with E-state index in [1.165, 1.54) is 0 Å². The summed E-state index contributed by atoms with van der Waals surface area (Å²) in [6, 6.07) is 3.62. The van der Waals surface area contributed by atoms with E-state index in [9.17, 15) is 0 Å². The molecule has 1 N–H and O–H groups in total. The first kappa shape index (κ1) is 7.14. The van der Waals surface area contributed by atoms with E-state index in [4.69, 9.17) is 16.9 Å². The van der Waals surface area contributed by atoms with E-state index in [1.54, 1.807) is 18.5 Å². The summed E-state index contributed by atoms with van der Waals surface area (Å²) in [5.41, 5.74) is 1.23. The zero-order valence-corrected chi connectivity index (χ0v) is 6.76. The number of fused-ring (bicyclic) bond motifs is 1. The van der Waals surface area contributed by atoms with Crippen molar-refractivity contribution in [3.05, 3.63) is 29.2 Å². The Morgan fingerprint density at radius 1 is 1.58 bits per heavy atom. The molecule has 2 aromatic heterocycles. The molecule has 2 heterocycles. The number of nitrogens with zero attached hydrogens (tertiary/aromatic N) is 2. The van der Waals surface area contributed by atoms with E-state index in [0.717, 1.165) is 10.9 Å². The van der Waals surface area contributed by atoms with Gasteiger partial charge in [0.25, 0.3) is 0 Å². The van der Waals surface area contributed by atoms with Gasteiger partial charge in [-0.15, -0.1) is 0 Å². The molecule has 0 radical (unpaired) electrons. The van der Waals surface area contributed by atoms with E-state index in [-0.39, 0.29) is 0 Å². The van der Waals surface area contributed by atoms with Gasteiger partial charge in [0.1, 0.15) is 11.8 Å². The second-order valence-electron chi connectivity index (χ2n) is 2.36. The zero-order valence-electron chi connectivity index (χ0n) is 6.00. The number of nitrogens with one attached hydrogen (secondary N) is 1. The standard InChI is InChI=1S/C8H4ClN3/c9-7-4-12-8-1-5(2-10)11-3-6(7)8/h1,3-4,12H. The highest BCUT2D eigenvalue weighted by Crippen LogP contribution is 2.21. The molecule has 0 spiro atoms. The number of aromatic amines is 1. The minimum absolute atomic E-state index is 0.390. The Bertz CT molecular complexity index is 467. The Labute approximate surface area is 73.6 Å². The number of aromatic nitrogens is 2. The number of rotatable bonds is 0. The maximum Gasteiger partial charge on any atom is 0.142 e. The van der Waals surface area contributed by atoms with Crippen LogP contribution in [0.5, 0.6) is 0 Å². The van der Waals surface area contributed by atoms with Crippen molar-refractivity contribution in [1.29, 1.82) is 5.26 Å². The summed E-state index contributed by atoms with van der Waals surface area (Å²) in [5, 5.41) is 10.0. The average Bonchev–Trinajstić information content (AvgIpc) is 2.47. The van der Waals surface area contributed by atoms with Crippen molar-refractivity contribution >= 4 is 22.5 Å². The summed E-state index contributed by atoms with van der Waals surface area (Å²) in [6.07, 6.45) is 3.27. The largest absolute Gasteiger partial charge is 0.360 e. The van der Waals surface area contributed by atoms with Crippen LogP contribution < -0.4 is 0 Å². The fourth-order valence-electron chi connectivity index (χ4n) is 1.05. The van der Waals surface area contributed by atoms with Crippen LogP contribution in [0.2, 0.25) is 5.02 Å². The molecule has 2 rings (SSSR count). The normalized spacial score (nSPS) is 10.0. The molecule has 0 aromatic carbocycles. The van der Waals surface area contributed by atoms with Gasteiger partial charge in [0.05, 0.1) is 10.5 Å². The molecule has 0 aliphatic rings. The third kappa shape index (κ3) is 0.936. The van der Waals surface area contributed by atoms with Gasteiger partial charge >= 0.3 is 0 Å². The van der Waals surface area contributed by atoms with Crippen molar-refractivity contribution in [2.45, 2.75) is 0 Å². The molecule has 0 bridgehead atoms. The fraction of sp³-hybridized carbons (Fsp3) is 0. The molecule has 0 amide bonds. The molecule has 12 heavy (non-hydrogen) atoms. The lowest BCUT2D eigenvalue weighted by atomic mass is 10.3. The summed E-state index contributed by atoms with van der Waals surface area (Å²) in [4.78, 5) is 6.83. The van der Waals surface area contributed by atoms with E-state index in [0.29, 0.717) is 10.7 Å². The van der Waals surface area contributed by atoms with E-state index in [2.05, 4.69) is 9.97 Å². The fourth-order valence-corrected chi connectivity index (χ4v) is 1.25. The highest BCUT2D eigenvalue weighted by molar-refractivity contribution is 6.35. The van der Waals surface area contributed by atoms with Crippen LogP contribution in [-0.4, -0.2) is 9.97 Å². The highest BCUT2D eigenvalue weighted by Gasteiger charge is 2.01. The van der Waals surface area contributed by atoms with Gasteiger partial charge in [-0.3, -0.25) is 0 Å². The van der Waals surface area contributed by atoms with Gasteiger partial charge in [0.2, 0.25) is 0 Å². The molecule has 0 saturated heterocycles. The van der Waals surface area contributed by atoms with Crippen molar-refractivity contribution in [3.63, 3.8) is 0 Å². The highest BCUT2D eigenvalue weighted by atomic mass is 35.5. The lowest BCUT2D eigenvalue weighted by Crippen LogP contribution is -1.80. The summed E-state index contributed by atoms with van der Waals surface area (Å²) in [6.45, 7) is 0. The van der Waals surface area contributed by atoms with Crippen molar-refractivity contribution in [1.82, 2.24) is 9.97 Å². The van der Waals surface area contributed by atoms with Crippen LogP contribution in [0.4, 0.5) is 0 Å². The first-order chi connectivity index (χ1) is 5.81. The molecular formula is C8H4ClN3. The number of hydrogen-bond acceptors (Lipinski definition) is 2. The second-order valence-corrected chi connectivity index (χ2v) is 2.77. The Balaban J connectivity index is 2.80. The molecular weight excluding hydrogens is 174 g/mol. The van der Waals surface area contributed by atoms with Crippen LogP contribution in [0.1, 0.15) is 5.69 Å². The van der Waals surface area contributed by atoms with Gasteiger partial charge in [0, 0.05) is 17.8 Å². The number of hydrogen-bond donors (Lipinski definition) is 1. The van der Waals surface area contributed by atoms with Crippen LogP contribution in [-0.2, 0) is 0 Å². The van der Waals surface area contributed by atoms with Gasteiger partial charge in [-0.2, -0.15) is 5.26 Å². The smallest absolute Gasteiger partial charge is 0.142 e. The quantitative estimate of drug-likeness (QED) is 0.670. The SMILES string of the molecule is N#Cc1cc2[nH]cc(Cl)c2cn1. The number of H-pyrrole nitrogens is 1. The van der Waals surface area contributed by atoms with Gasteiger partial charge in [-0.1, -0.05) is 11.6 Å². The second kappa shape index (κ2) is 2.50. The molecule has 0 atom stereocenters. The number of halogens is 1. The Hall–Kier alpha value is -1.53. The molecule has 4 heteroatoms. The van der Waals surface area contributed by atoms with Gasteiger partial charge in [-0.25, -0.2) is 4.98 Å². The van der Waals surface area contributed by atoms with Crippen molar-refractivity contribution in [2.24, 2.45) is 0 Å². The molecule has 2 aromatic rings. The van der Waals surface area contributed by atoms with Crippen molar-refractivity contribution in [2.75, 3.05) is 0 Å². The third-order valence-electron chi connectivity index (χ3n) is 1.63. The van der Waals surface area contributed by atoms with E-state index in [1.807, 2.05) is 6.07 Å². The summed E-state index contributed by atoms with van der Waals surface area (Å²) < 4.78 is 0. The van der Waals surface area contributed by atoms with E-state index < -0.39 is 0 Å². The topological polar surface area (TPSA) is 52.5 Å². The Morgan fingerprint density at radius 2 is 2.42 bits per heavy atom. The molecule has 58 valence electrons. The Kier molecular flexibility index (Phi) is 1.49. The van der Waals surface area contributed by atoms with Gasteiger partial charge in [-0.05, 0) is 6.07 Å². The number of pyridine rings is 1. The molecule has 0 aliphatic heterocycles. The van der Waals surface area contributed by atoms with Crippen molar-refractivity contribution in [3.8, 4) is 6.07 Å². The Morgan fingerprint density at radius 3 is 3.17 bits per heavy atom. The van der Waals surface area contributed by atoms with Crippen molar-refractivity contribution < 1.29 is 0 Å².